The second-order valence-electron chi connectivity index (χ2n) is 8.33. The molecule has 1 heterocycles. The number of unbranched alkanes of at least 4 members (excludes halogenated alkanes) is 5. The summed E-state index contributed by atoms with van der Waals surface area (Å²) in [6, 6.07) is 7.92. The molecule has 0 spiro atoms. The van der Waals surface area contributed by atoms with Crippen molar-refractivity contribution in [3.8, 4) is 17.4 Å². The molecule has 1 aromatic heterocycles. The van der Waals surface area contributed by atoms with Crippen molar-refractivity contribution in [3.63, 3.8) is 0 Å². The minimum absolute atomic E-state index is 0.594. The van der Waals surface area contributed by atoms with E-state index in [0.717, 1.165) is 59.8 Å². The predicted molar refractivity (Wildman–Crippen MR) is 138 cm³/mol. The van der Waals surface area contributed by atoms with Gasteiger partial charge in [0.05, 0.1) is 18.9 Å². The second-order valence-corrected chi connectivity index (χ2v) is 8.33. The number of hydrogen-bond acceptors (Lipinski definition) is 6. The number of ether oxygens (including phenoxy) is 3. The Morgan fingerprint density at radius 2 is 1.56 bits per heavy atom. The quantitative estimate of drug-likeness (QED) is 0.117. The Balaban J connectivity index is 1.54. The van der Waals surface area contributed by atoms with Gasteiger partial charge in [0.25, 0.3) is 0 Å². The lowest BCUT2D eigenvalue weighted by atomic mass is 10.1. The summed E-state index contributed by atoms with van der Waals surface area (Å²) in [6.45, 7) is 10.1. The van der Waals surface area contributed by atoms with Gasteiger partial charge in [0.2, 0.25) is 5.88 Å². The summed E-state index contributed by atoms with van der Waals surface area (Å²) in [7, 11) is 1.54. The van der Waals surface area contributed by atoms with Gasteiger partial charge >= 0.3 is 0 Å². The van der Waals surface area contributed by atoms with Crippen LogP contribution in [0.4, 0.5) is 0 Å². The van der Waals surface area contributed by atoms with Crippen molar-refractivity contribution in [3.05, 3.63) is 59.3 Å². The van der Waals surface area contributed by atoms with E-state index in [4.69, 9.17) is 19.0 Å². The number of rotatable bonds is 16. The van der Waals surface area contributed by atoms with Gasteiger partial charge in [-0.2, -0.15) is 0 Å². The summed E-state index contributed by atoms with van der Waals surface area (Å²) >= 11 is 0. The fourth-order valence-corrected chi connectivity index (χ4v) is 3.59. The summed E-state index contributed by atoms with van der Waals surface area (Å²) in [6.07, 6.45) is 12.6. The van der Waals surface area contributed by atoms with Crippen molar-refractivity contribution in [2.24, 2.45) is 5.16 Å². The Morgan fingerprint density at radius 3 is 2.15 bits per heavy atom. The molecular formula is C28H40N2O4. The van der Waals surface area contributed by atoms with E-state index in [1.165, 1.54) is 26.4 Å². The van der Waals surface area contributed by atoms with Crippen LogP contribution in [-0.2, 0) is 4.84 Å². The lowest BCUT2D eigenvalue weighted by Crippen LogP contribution is -2.02. The highest BCUT2D eigenvalue weighted by molar-refractivity contribution is 5.98. The van der Waals surface area contributed by atoms with Crippen molar-refractivity contribution >= 4 is 5.71 Å². The van der Waals surface area contributed by atoms with E-state index in [1.807, 2.05) is 38.1 Å². The van der Waals surface area contributed by atoms with E-state index in [0.29, 0.717) is 19.1 Å². The van der Waals surface area contributed by atoms with Crippen LogP contribution >= 0.6 is 0 Å². The molecule has 6 heteroatoms. The van der Waals surface area contributed by atoms with E-state index in [2.05, 4.69) is 36.1 Å². The first kappa shape index (κ1) is 27.2. The van der Waals surface area contributed by atoms with Gasteiger partial charge in [0, 0.05) is 17.8 Å². The van der Waals surface area contributed by atoms with Gasteiger partial charge in [-0.15, -0.1) is 0 Å². The van der Waals surface area contributed by atoms with Crippen molar-refractivity contribution in [2.45, 2.75) is 66.2 Å². The zero-order chi connectivity index (χ0) is 24.6. The molecule has 0 N–H and O–H groups in total. The molecule has 0 aliphatic rings. The normalized spacial score (nSPS) is 11.6. The molecule has 0 saturated carbocycles. The van der Waals surface area contributed by atoms with E-state index < -0.39 is 0 Å². The number of aromatic nitrogens is 1. The number of oxime groups is 1. The monoisotopic (exact) mass is 468 g/mol. The third-order valence-electron chi connectivity index (χ3n) is 5.43. The molecule has 34 heavy (non-hydrogen) atoms. The highest BCUT2D eigenvalue weighted by Gasteiger charge is 2.07. The Kier molecular flexibility index (Phi) is 12.6. The average molecular weight is 469 g/mol. The summed E-state index contributed by atoms with van der Waals surface area (Å²) < 4.78 is 17.6. The summed E-state index contributed by atoms with van der Waals surface area (Å²) in [4.78, 5) is 9.11. The molecule has 0 amide bonds. The molecule has 0 fully saturated rings. The predicted octanol–water partition coefficient (Wildman–Crippen LogP) is 6.82. The van der Waals surface area contributed by atoms with Gasteiger partial charge in [0.1, 0.15) is 25.2 Å². The van der Waals surface area contributed by atoms with Crippen LogP contribution in [0.1, 0.15) is 69.1 Å². The summed E-state index contributed by atoms with van der Waals surface area (Å²) in [5.41, 5.74) is 3.96. The molecule has 2 aromatic rings. The topological polar surface area (TPSA) is 62.2 Å². The third kappa shape index (κ3) is 9.86. The maximum Gasteiger partial charge on any atom is 0.213 e. The third-order valence-corrected chi connectivity index (χ3v) is 5.43. The van der Waals surface area contributed by atoms with Crippen LogP contribution in [0.3, 0.4) is 0 Å². The molecule has 2 rings (SSSR count). The van der Waals surface area contributed by atoms with E-state index in [-0.39, 0.29) is 0 Å². The first-order chi connectivity index (χ1) is 16.5. The Hall–Kier alpha value is -3.02. The SMILES string of the molecule is C/C=C/COc1cc(C)c(OCCCCCCCCOc2ccc(/C(C)=N/OC)cn2)c(C)c1. The van der Waals surface area contributed by atoms with Gasteiger partial charge in [-0.1, -0.05) is 43.0 Å². The minimum atomic E-state index is 0.594. The molecule has 0 unspecified atom stereocenters. The maximum atomic E-state index is 6.07. The smallest absolute Gasteiger partial charge is 0.213 e. The van der Waals surface area contributed by atoms with Crippen molar-refractivity contribution < 1.29 is 19.0 Å². The largest absolute Gasteiger partial charge is 0.493 e. The number of pyridine rings is 1. The highest BCUT2D eigenvalue weighted by atomic mass is 16.6. The molecule has 0 radical (unpaired) electrons. The van der Waals surface area contributed by atoms with Crippen LogP contribution in [0.2, 0.25) is 0 Å². The summed E-state index contributed by atoms with van der Waals surface area (Å²) in [5.74, 6) is 2.52. The maximum absolute atomic E-state index is 6.07. The number of benzene rings is 1. The minimum Gasteiger partial charge on any atom is -0.493 e. The molecule has 0 atom stereocenters. The number of nitrogens with zero attached hydrogens (tertiary/aromatic N) is 2. The summed E-state index contributed by atoms with van der Waals surface area (Å²) in [5, 5.41) is 3.91. The number of aryl methyl sites for hydroxylation is 2. The molecule has 0 aliphatic carbocycles. The average Bonchev–Trinajstić information content (AvgIpc) is 2.82. The first-order valence-electron chi connectivity index (χ1n) is 12.2. The van der Waals surface area contributed by atoms with E-state index >= 15 is 0 Å². The molecule has 0 aliphatic heterocycles. The molecular weight excluding hydrogens is 428 g/mol. The molecule has 0 bridgehead atoms. The lowest BCUT2D eigenvalue weighted by Gasteiger charge is -2.14. The highest BCUT2D eigenvalue weighted by Crippen LogP contribution is 2.28. The number of hydrogen-bond donors (Lipinski definition) is 0. The van der Waals surface area contributed by atoms with E-state index in [9.17, 15) is 0 Å². The number of allylic oxidation sites excluding steroid dienone is 1. The van der Waals surface area contributed by atoms with Gasteiger partial charge in [-0.05, 0) is 69.9 Å². The molecule has 6 nitrogen and oxygen atoms in total. The van der Waals surface area contributed by atoms with Crippen LogP contribution in [0.5, 0.6) is 17.4 Å². The van der Waals surface area contributed by atoms with Crippen LogP contribution in [-0.4, -0.2) is 37.6 Å². The van der Waals surface area contributed by atoms with E-state index in [1.54, 1.807) is 6.20 Å². The lowest BCUT2D eigenvalue weighted by molar-refractivity contribution is 0.213. The Labute approximate surface area is 205 Å². The fraction of sp³-hybridized carbons (Fsp3) is 0.500. The van der Waals surface area contributed by atoms with Gasteiger partial charge in [-0.25, -0.2) is 4.98 Å². The van der Waals surface area contributed by atoms with Crippen LogP contribution in [0.25, 0.3) is 0 Å². The van der Waals surface area contributed by atoms with Gasteiger partial charge < -0.3 is 19.0 Å². The van der Waals surface area contributed by atoms with Crippen LogP contribution in [0.15, 0.2) is 47.8 Å². The zero-order valence-corrected chi connectivity index (χ0v) is 21.4. The fourth-order valence-electron chi connectivity index (χ4n) is 3.59. The van der Waals surface area contributed by atoms with Crippen molar-refractivity contribution in [1.29, 1.82) is 0 Å². The van der Waals surface area contributed by atoms with Crippen molar-refractivity contribution in [1.82, 2.24) is 4.98 Å². The molecule has 186 valence electrons. The van der Waals surface area contributed by atoms with Crippen molar-refractivity contribution in [2.75, 3.05) is 26.9 Å². The van der Waals surface area contributed by atoms with Gasteiger partial charge in [0.15, 0.2) is 0 Å². The first-order valence-corrected chi connectivity index (χ1v) is 12.2. The Bertz CT molecular complexity index is 884. The standard InChI is InChI=1S/C28H40N2O4/c1-6-7-16-32-26-19-22(2)28(23(3)20-26)34-18-13-11-9-8-10-12-17-33-27-15-14-25(21-29-27)24(4)30-31-5/h6-7,14-15,19-21H,8-13,16-18H2,1-5H3/b7-6+,30-24+. The Morgan fingerprint density at radius 1 is 0.912 bits per heavy atom. The van der Waals surface area contributed by atoms with Crippen LogP contribution in [0, 0.1) is 13.8 Å². The molecule has 0 saturated heterocycles. The zero-order valence-electron chi connectivity index (χ0n) is 21.4. The van der Waals surface area contributed by atoms with Crippen LogP contribution < -0.4 is 14.2 Å². The second kappa shape index (κ2) is 15.8. The molecule has 1 aromatic carbocycles. The van der Waals surface area contributed by atoms with Gasteiger partial charge in [-0.3, -0.25) is 0 Å².